The number of phenols is 1. The number of halogens is 2. The second kappa shape index (κ2) is 10.2. The van der Waals surface area contributed by atoms with Crippen molar-refractivity contribution in [3.63, 3.8) is 0 Å². The van der Waals surface area contributed by atoms with E-state index in [4.69, 9.17) is 16.1 Å². The molecule has 2 unspecified atom stereocenters. The van der Waals surface area contributed by atoms with E-state index >= 15 is 4.39 Å². The highest BCUT2D eigenvalue weighted by molar-refractivity contribution is 6.04. The summed E-state index contributed by atoms with van der Waals surface area (Å²) in [5, 5.41) is 15.8. The van der Waals surface area contributed by atoms with Crippen molar-refractivity contribution in [3.05, 3.63) is 83.3 Å². The third-order valence-corrected chi connectivity index (χ3v) is 8.23. The number of terminal acetylenes is 1. The van der Waals surface area contributed by atoms with Crippen LogP contribution in [0.15, 0.2) is 55.0 Å². The van der Waals surface area contributed by atoms with Crippen LogP contribution >= 0.6 is 0 Å². The van der Waals surface area contributed by atoms with Gasteiger partial charge in [-0.25, -0.2) is 8.78 Å². The average molecular weight is 564 g/mol. The highest BCUT2D eigenvalue weighted by Crippen LogP contribution is 2.41. The van der Waals surface area contributed by atoms with E-state index in [9.17, 15) is 9.50 Å². The molecule has 0 radical (unpaired) electrons. The van der Waals surface area contributed by atoms with E-state index in [1.165, 1.54) is 24.3 Å². The number of aromatic nitrogens is 3. The monoisotopic (exact) mass is 563 g/mol. The Bertz CT molecular complexity index is 1900. The van der Waals surface area contributed by atoms with Gasteiger partial charge < -0.3 is 20.1 Å². The van der Waals surface area contributed by atoms with Crippen molar-refractivity contribution in [3.8, 4) is 35.2 Å². The number of aryl methyl sites for hydroxylation is 1. The number of ether oxygens (including phenoxy) is 1. The molecule has 0 spiro atoms. The van der Waals surface area contributed by atoms with Gasteiger partial charge in [0.15, 0.2) is 5.82 Å². The Labute approximate surface area is 241 Å². The molecule has 2 fully saturated rings. The molecule has 0 amide bonds. The molecule has 2 bridgehead atoms. The molecule has 2 atom stereocenters. The summed E-state index contributed by atoms with van der Waals surface area (Å²) in [5.74, 6) is 1.94. The number of anilines is 1. The van der Waals surface area contributed by atoms with Gasteiger partial charge >= 0.3 is 0 Å². The van der Waals surface area contributed by atoms with Crippen LogP contribution in [0.4, 0.5) is 14.6 Å². The summed E-state index contributed by atoms with van der Waals surface area (Å²) < 4.78 is 37.8. The molecule has 7 rings (SSSR count). The van der Waals surface area contributed by atoms with Crippen molar-refractivity contribution >= 4 is 27.4 Å². The molecule has 3 aromatic heterocycles. The van der Waals surface area contributed by atoms with Crippen LogP contribution in [0, 0.1) is 30.9 Å². The van der Waals surface area contributed by atoms with Gasteiger partial charge in [-0.1, -0.05) is 18.1 Å². The van der Waals surface area contributed by atoms with E-state index in [2.05, 4.69) is 26.1 Å². The molecule has 2 aliphatic rings. The van der Waals surface area contributed by atoms with Gasteiger partial charge in [0.1, 0.15) is 29.7 Å². The van der Waals surface area contributed by atoms with Crippen molar-refractivity contribution in [2.45, 2.75) is 38.5 Å². The number of rotatable bonds is 5. The van der Waals surface area contributed by atoms with Crippen molar-refractivity contribution in [1.29, 1.82) is 0 Å². The highest BCUT2D eigenvalue weighted by Gasteiger charge is 2.34. The maximum atomic E-state index is 16.9. The summed E-state index contributed by atoms with van der Waals surface area (Å²) >= 11 is 0. The average Bonchev–Trinajstić information content (AvgIpc) is 3.34. The molecule has 210 valence electrons. The van der Waals surface area contributed by atoms with Gasteiger partial charge in [0.2, 0.25) is 5.88 Å². The minimum Gasteiger partial charge on any atom is -0.508 e. The van der Waals surface area contributed by atoms with Crippen LogP contribution in [0.25, 0.3) is 32.8 Å². The lowest BCUT2D eigenvalue weighted by Gasteiger charge is -2.34. The van der Waals surface area contributed by atoms with Crippen LogP contribution in [-0.4, -0.2) is 45.2 Å². The highest BCUT2D eigenvalue weighted by atomic mass is 19.1. The Morgan fingerprint density at radius 1 is 1.12 bits per heavy atom. The van der Waals surface area contributed by atoms with Crippen LogP contribution in [0.2, 0.25) is 0 Å². The number of piperazine rings is 1. The molecule has 5 aromatic rings. The van der Waals surface area contributed by atoms with E-state index in [1.807, 2.05) is 12.1 Å². The van der Waals surface area contributed by atoms with Crippen LogP contribution in [-0.2, 0) is 6.61 Å². The molecule has 2 N–H and O–H groups in total. The van der Waals surface area contributed by atoms with Gasteiger partial charge in [-0.2, -0.15) is 4.98 Å². The topological polar surface area (TPSA) is 83.4 Å². The van der Waals surface area contributed by atoms with Crippen LogP contribution in [0.5, 0.6) is 11.6 Å². The van der Waals surface area contributed by atoms with Crippen LogP contribution in [0.3, 0.4) is 0 Å². The first-order chi connectivity index (χ1) is 20.4. The number of hydrogen-bond acceptors (Lipinski definition) is 7. The number of nitrogens with zero attached hydrogens (tertiary/aromatic N) is 4. The number of nitrogens with one attached hydrogen (secondary N) is 1. The zero-order chi connectivity index (χ0) is 29.0. The Kier molecular flexibility index (Phi) is 6.36. The predicted octanol–water partition coefficient (Wildman–Crippen LogP) is 5.64. The van der Waals surface area contributed by atoms with Crippen molar-refractivity contribution < 1.29 is 18.6 Å². The lowest BCUT2D eigenvalue weighted by Crippen LogP contribution is -2.51. The van der Waals surface area contributed by atoms with E-state index < -0.39 is 11.6 Å². The molecule has 7 nitrogen and oxygen atoms in total. The van der Waals surface area contributed by atoms with Crippen LogP contribution in [0.1, 0.15) is 29.5 Å². The summed E-state index contributed by atoms with van der Waals surface area (Å²) in [5.41, 5.74) is 1.49. The van der Waals surface area contributed by atoms with Crippen LogP contribution < -0.4 is 15.0 Å². The van der Waals surface area contributed by atoms with Gasteiger partial charge in [0.05, 0.1) is 5.56 Å². The molecule has 42 heavy (non-hydrogen) atoms. The summed E-state index contributed by atoms with van der Waals surface area (Å²) in [6.07, 6.45) is 12.8. The summed E-state index contributed by atoms with van der Waals surface area (Å²) in [6, 6.07) is 9.95. The standard InChI is InChI=1S/C33H27F2N5O2/c1-3-24-27(34)9-6-20-11-23(41)12-25(29(20)24)31-30(35)28-18(2)33(42-17-19-5-4-10-36-13-19)39-32(26(28)14-37-31)40-15-21-7-8-22(16-40)38-21/h1,4-6,9-14,21-22,38,41H,7-8,15-17H2,2H3. The van der Waals surface area contributed by atoms with Gasteiger partial charge in [0.25, 0.3) is 0 Å². The van der Waals surface area contributed by atoms with Gasteiger partial charge in [-0.3, -0.25) is 9.97 Å². The first-order valence-corrected chi connectivity index (χ1v) is 13.8. The van der Waals surface area contributed by atoms with Crippen molar-refractivity contribution in [2.75, 3.05) is 18.0 Å². The molecule has 0 aliphatic carbocycles. The minimum absolute atomic E-state index is 0.0206. The number of hydrogen-bond donors (Lipinski definition) is 2. The molecular weight excluding hydrogens is 536 g/mol. The maximum Gasteiger partial charge on any atom is 0.219 e. The Morgan fingerprint density at radius 2 is 1.93 bits per heavy atom. The van der Waals surface area contributed by atoms with Gasteiger partial charge in [0, 0.05) is 76.6 Å². The van der Waals surface area contributed by atoms with E-state index in [0.29, 0.717) is 50.9 Å². The number of phenolic OH excluding ortho intramolecular Hbond substituents is 1. The molecule has 2 saturated heterocycles. The summed E-state index contributed by atoms with van der Waals surface area (Å²) in [6.45, 7) is 3.43. The van der Waals surface area contributed by atoms with Crippen molar-refractivity contribution in [1.82, 2.24) is 20.3 Å². The van der Waals surface area contributed by atoms with E-state index in [-0.39, 0.29) is 29.2 Å². The van der Waals surface area contributed by atoms with Gasteiger partial charge in [-0.15, -0.1) is 6.42 Å². The fourth-order valence-corrected chi connectivity index (χ4v) is 6.30. The largest absolute Gasteiger partial charge is 0.508 e. The van der Waals surface area contributed by atoms with Crippen molar-refractivity contribution in [2.24, 2.45) is 0 Å². The normalized spacial score (nSPS) is 18.0. The number of pyridine rings is 3. The summed E-state index contributed by atoms with van der Waals surface area (Å²) in [4.78, 5) is 15.8. The predicted molar refractivity (Wildman–Crippen MR) is 157 cm³/mol. The maximum absolute atomic E-state index is 16.9. The zero-order valence-electron chi connectivity index (χ0n) is 22.9. The Hall–Kier alpha value is -4.81. The second-order valence-corrected chi connectivity index (χ2v) is 10.9. The molecule has 2 aromatic carbocycles. The smallest absolute Gasteiger partial charge is 0.219 e. The molecule has 0 saturated carbocycles. The third-order valence-electron chi connectivity index (χ3n) is 8.23. The molecular formula is C33H27F2N5O2. The van der Waals surface area contributed by atoms with E-state index in [0.717, 1.165) is 31.5 Å². The fourth-order valence-electron chi connectivity index (χ4n) is 6.30. The lowest BCUT2D eigenvalue weighted by molar-refractivity contribution is 0.291. The zero-order valence-corrected chi connectivity index (χ0v) is 22.9. The Morgan fingerprint density at radius 3 is 2.67 bits per heavy atom. The number of aromatic hydroxyl groups is 1. The van der Waals surface area contributed by atoms with Gasteiger partial charge in [-0.05, 0) is 49.4 Å². The number of benzene rings is 2. The molecule has 2 aliphatic heterocycles. The van der Waals surface area contributed by atoms with E-state index in [1.54, 1.807) is 25.5 Å². The molecule has 5 heterocycles. The second-order valence-electron chi connectivity index (χ2n) is 10.9. The third kappa shape index (κ3) is 4.35. The number of fused-ring (bicyclic) bond motifs is 4. The SMILES string of the molecule is C#Cc1c(F)ccc2cc(O)cc(-c3ncc4c(N5CC6CCC(C5)N6)nc(OCc5cccnc5)c(C)c4c3F)c12. The fraction of sp³-hybridized carbons (Fsp3) is 0.242. The first-order valence-electron chi connectivity index (χ1n) is 13.8. The molecule has 9 heteroatoms. The summed E-state index contributed by atoms with van der Waals surface area (Å²) in [7, 11) is 0. The first kappa shape index (κ1) is 26.1. The quantitative estimate of drug-likeness (QED) is 0.268. The lowest BCUT2D eigenvalue weighted by atomic mass is 9.95. The Balaban J connectivity index is 1.45. The minimum atomic E-state index is -0.628.